The van der Waals surface area contributed by atoms with Crippen LogP contribution in [-0.2, 0) is 28.7 Å². The average Bonchev–Trinajstić information content (AvgIpc) is 3.10. The van der Waals surface area contributed by atoms with E-state index >= 15 is 0 Å². The van der Waals surface area contributed by atoms with Gasteiger partial charge in [-0.1, -0.05) is 0 Å². The molecule has 274 valence electrons. The fourth-order valence-electron chi connectivity index (χ4n) is 3.73. The van der Waals surface area contributed by atoms with Gasteiger partial charge in [0.1, 0.15) is 5.82 Å². The molecule has 0 fully saturated rings. The van der Waals surface area contributed by atoms with E-state index in [1.807, 2.05) is 0 Å². The van der Waals surface area contributed by atoms with E-state index < -0.39 is 52.6 Å². The Bertz CT molecular complexity index is 1960. The molecule has 0 unspecified atom stereocenters. The number of nitrogens with one attached hydrogen (secondary N) is 2. The third-order valence-corrected chi connectivity index (χ3v) is 5.99. The van der Waals surface area contributed by atoms with Crippen LogP contribution in [-0.4, -0.2) is 66.1 Å². The molecule has 4 N–H and O–H groups in total. The number of pyridine rings is 2. The number of carbonyl (C=O) groups excluding carboxylic acids is 4. The van der Waals surface area contributed by atoms with E-state index in [1.54, 1.807) is 6.07 Å². The van der Waals surface area contributed by atoms with Crippen molar-refractivity contribution < 1.29 is 61.3 Å². The molecule has 0 saturated carbocycles. The number of anilines is 3. The summed E-state index contributed by atoms with van der Waals surface area (Å²) in [5.41, 5.74) is 4.69. The highest BCUT2D eigenvalue weighted by atomic mass is 19.1. The number of amides is 2. The Morgan fingerprint density at radius 3 is 1.63 bits per heavy atom. The summed E-state index contributed by atoms with van der Waals surface area (Å²) in [5, 5.41) is 15.7. The summed E-state index contributed by atoms with van der Waals surface area (Å²) < 4.78 is 58.1. The van der Waals surface area contributed by atoms with Gasteiger partial charge >= 0.3 is 17.6 Å². The fourth-order valence-corrected chi connectivity index (χ4v) is 3.73. The Morgan fingerprint density at radius 1 is 0.750 bits per heavy atom. The van der Waals surface area contributed by atoms with E-state index in [9.17, 15) is 38.1 Å². The maximum Gasteiger partial charge on any atom is 0.343 e. The Kier molecular flexibility index (Phi) is 14.1. The molecule has 0 bridgehead atoms. The van der Waals surface area contributed by atoms with Crippen molar-refractivity contribution in [3.8, 4) is 34.8 Å². The molecular weight excluding hydrogens is 698 g/mol. The predicted octanol–water partition coefficient (Wildman–Crippen LogP) is 4.54. The fraction of sp³-hybridized carbons (Fsp3) is 0.188. The minimum absolute atomic E-state index is 0.00868. The van der Waals surface area contributed by atoms with E-state index in [0.29, 0.717) is 6.07 Å². The molecule has 0 aliphatic heterocycles. The van der Waals surface area contributed by atoms with Gasteiger partial charge in [-0.15, -0.1) is 0 Å². The van der Waals surface area contributed by atoms with Gasteiger partial charge in [-0.2, -0.15) is 0 Å². The van der Waals surface area contributed by atoms with Gasteiger partial charge in [0, 0.05) is 44.4 Å². The highest BCUT2D eigenvalue weighted by Gasteiger charge is 2.23. The van der Waals surface area contributed by atoms with E-state index in [1.165, 1.54) is 57.8 Å². The van der Waals surface area contributed by atoms with Crippen LogP contribution in [0, 0.1) is 21.7 Å². The number of esters is 2. The molecule has 20 heteroatoms. The summed E-state index contributed by atoms with van der Waals surface area (Å²) in [6, 6.07) is 9.79. The molecule has 0 atom stereocenters. The number of hydrogen-bond donors (Lipinski definition) is 3. The van der Waals surface area contributed by atoms with Crippen LogP contribution >= 0.6 is 0 Å². The van der Waals surface area contributed by atoms with Gasteiger partial charge in [0.25, 0.3) is 11.8 Å². The number of rotatable bonds is 13. The van der Waals surface area contributed by atoms with Crippen LogP contribution in [0.4, 0.5) is 31.5 Å². The van der Waals surface area contributed by atoms with Gasteiger partial charge < -0.3 is 44.8 Å². The molecule has 2 heterocycles. The number of nitro groups is 1. The summed E-state index contributed by atoms with van der Waals surface area (Å²) in [4.78, 5) is 62.8. The summed E-state index contributed by atoms with van der Waals surface area (Å²) in [6.45, 7) is 1.57. The molecular formula is C32H30F2N6O12. The van der Waals surface area contributed by atoms with Crippen molar-refractivity contribution in [3.63, 3.8) is 0 Å². The predicted molar refractivity (Wildman–Crippen MR) is 176 cm³/mol. The van der Waals surface area contributed by atoms with Gasteiger partial charge in [-0.05, 0) is 24.3 Å². The Labute approximate surface area is 292 Å². The minimum atomic E-state index is -1.00. The van der Waals surface area contributed by atoms with Gasteiger partial charge in [-0.25, -0.2) is 28.3 Å². The van der Waals surface area contributed by atoms with Gasteiger partial charge in [0.15, 0.2) is 36.3 Å². The summed E-state index contributed by atoms with van der Waals surface area (Å²) >= 11 is 0. The third-order valence-electron chi connectivity index (χ3n) is 5.99. The van der Waals surface area contributed by atoms with Crippen molar-refractivity contribution in [2.75, 3.05) is 43.8 Å². The van der Waals surface area contributed by atoms with E-state index in [2.05, 4.69) is 30.1 Å². The zero-order valence-corrected chi connectivity index (χ0v) is 27.8. The molecule has 0 radical (unpaired) electrons. The first kappa shape index (κ1) is 39.3. The normalized spacial score (nSPS) is 10.0. The molecule has 4 aromatic rings. The van der Waals surface area contributed by atoms with Crippen LogP contribution in [0.1, 0.15) is 13.8 Å². The Hall–Kier alpha value is -7.12. The lowest BCUT2D eigenvalue weighted by Crippen LogP contribution is -2.13. The number of halogens is 2. The molecule has 2 aromatic carbocycles. The van der Waals surface area contributed by atoms with Crippen LogP contribution in [0.25, 0.3) is 0 Å². The first-order valence-corrected chi connectivity index (χ1v) is 14.5. The summed E-state index contributed by atoms with van der Waals surface area (Å²) in [5.74, 6) is -4.29. The van der Waals surface area contributed by atoms with Crippen LogP contribution in [0.3, 0.4) is 0 Å². The van der Waals surface area contributed by atoms with Gasteiger partial charge in [-0.3, -0.25) is 19.7 Å². The monoisotopic (exact) mass is 728 g/mol. The van der Waals surface area contributed by atoms with Crippen molar-refractivity contribution in [1.82, 2.24) is 9.97 Å². The average molecular weight is 729 g/mol. The second-order valence-corrected chi connectivity index (χ2v) is 9.84. The second-order valence-electron chi connectivity index (χ2n) is 9.84. The standard InChI is InChI=1S/C16H14FN3O7.C16H16FN3O5/c1-9(21)19-11-7-14(12(20(23)24)6-10(11)17)27-13-4-3-5-18-16(13)26-8-15(22)25-2;1-9(21)20-12-7-14(11(18)6-10(12)17)25-13-4-3-5-19-16(13)24-8-15(22)23-2/h3-7H,8H2,1-2H3,(H,19,21);3-7H,8,18H2,1-2H3,(H,20,21). The Morgan fingerprint density at radius 2 is 1.19 bits per heavy atom. The largest absolute Gasteiger partial charge is 0.466 e. The van der Waals surface area contributed by atoms with E-state index in [0.717, 1.165) is 19.1 Å². The topological polar surface area (TPSA) is 243 Å². The Balaban J connectivity index is 0.000000281. The van der Waals surface area contributed by atoms with Crippen molar-refractivity contribution in [1.29, 1.82) is 0 Å². The zero-order chi connectivity index (χ0) is 38.4. The molecule has 52 heavy (non-hydrogen) atoms. The highest BCUT2D eigenvalue weighted by Crippen LogP contribution is 2.38. The molecule has 0 saturated heterocycles. The van der Waals surface area contributed by atoms with E-state index in [4.69, 9.17) is 24.7 Å². The number of nitrogen functional groups attached to an aromatic ring is 1. The van der Waals surface area contributed by atoms with Crippen LogP contribution < -0.4 is 35.3 Å². The van der Waals surface area contributed by atoms with Crippen LogP contribution in [0.5, 0.6) is 34.8 Å². The quantitative estimate of drug-likeness (QED) is 0.0741. The van der Waals surface area contributed by atoms with Crippen molar-refractivity contribution in [2.24, 2.45) is 0 Å². The van der Waals surface area contributed by atoms with Crippen LogP contribution in [0.15, 0.2) is 60.9 Å². The zero-order valence-electron chi connectivity index (χ0n) is 27.8. The number of carbonyl (C=O) groups is 4. The molecule has 0 aliphatic rings. The number of hydrogen-bond acceptors (Lipinski definition) is 15. The maximum atomic E-state index is 14.0. The lowest BCUT2D eigenvalue weighted by molar-refractivity contribution is -0.385. The van der Waals surface area contributed by atoms with Crippen molar-refractivity contribution in [2.45, 2.75) is 13.8 Å². The first-order valence-electron chi connectivity index (χ1n) is 14.5. The molecule has 2 amide bonds. The second kappa shape index (κ2) is 18.6. The summed E-state index contributed by atoms with van der Waals surface area (Å²) in [6.07, 6.45) is 2.79. The maximum absolute atomic E-state index is 14.0. The highest BCUT2D eigenvalue weighted by molar-refractivity contribution is 5.90. The van der Waals surface area contributed by atoms with Crippen molar-refractivity contribution >= 4 is 46.5 Å². The number of aromatic nitrogens is 2. The number of methoxy groups -OCH3 is 2. The molecule has 0 aliphatic carbocycles. The van der Waals surface area contributed by atoms with Crippen molar-refractivity contribution in [3.05, 3.63) is 82.7 Å². The number of nitrogens with two attached hydrogens (primary N) is 1. The number of ether oxygens (including phenoxy) is 6. The van der Waals surface area contributed by atoms with E-state index in [-0.39, 0.29) is 58.4 Å². The first-order chi connectivity index (χ1) is 24.7. The molecule has 18 nitrogen and oxygen atoms in total. The molecule has 4 rings (SSSR count). The number of nitro benzene ring substituents is 1. The minimum Gasteiger partial charge on any atom is -0.466 e. The number of benzene rings is 2. The molecule has 2 aromatic heterocycles. The van der Waals surface area contributed by atoms with Gasteiger partial charge in [0.2, 0.25) is 17.6 Å². The smallest absolute Gasteiger partial charge is 0.343 e. The SMILES string of the molecule is COC(=O)COc1ncccc1Oc1cc(NC(C)=O)c(F)cc1N.COC(=O)COc1ncccc1Oc1cc(NC(C)=O)c(F)cc1[N+](=O)[O-]. The third kappa shape index (κ3) is 11.5. The lowest BCUT2D eigenvalue weighted by Gasteiger charge is -2.14. The number of nitrogens with zero attached hydrogens (tertiary/aromatic N) is 3. The van der Waals surface area contributed by atoms with Crippen LogP contribution in [0.2, 0.25) is 0 Å². The summed E-state index contributed by atoms with van der Waals surface area (Å²) in [7, 11) is 2.40. The molecule has 0 spiro atoms. The lowest BCUT2D eigenvalue weighted by atomic mass is 10.2. The van der Waals surface area contributed by atoms with Gasteiger partial charge in [0.05, 0.1) is 42.3 Å².